The standard InChI is InChI=1S/C21H28N4O2/c26-21(25-12-10-24(11-13-25)16-19-5-14-27-17-19)20-3-8-23(9-4-20)15-18-1-6-22-7-2-18/h1-2,5-7,14,17,20H,3-4,8-13,15-16H2. The van der Waals surface area contributed by atoms with Crippen LogP contribution in [0.3, 0.4) is 0 Å². The number of rotatable bonds is 5. The zero-order chi connectivity index (χ0) is 18.5. The van der Waals surface area contributed by atoms with Crippen LogP contribution >= 0.6 is 0 Å². The molecule has 0 saturated carbocycles. The summed E-state index contributed by atoms with van der Waals surface area (Å²) >= 11 is 0. The van der Waals surface area contributed by atoms with Gasteiger partial charge in [0, 0.05) is 63.1 Å². The molecule has 27 heavy (non-hydrogen) atoms. The fourth-order valence-electron chi connectivity index (χ4n) is 4.11. The van der Waals surface area contributed by atoms with Gasteiger partial charge in [-0.25, -0.2) is 0 Å². The van der Waals surface area contributed by atoms with Crippen molar-refractivity contribution in [3.63, 3.8) is 0 Å². The number of carbonyl (C=O) groups excluding carboxylic acids is 1. The topological polar surface area (TPSA) is 52.8 Å². The first-order chi connectivity index (χ1) is 13.3. The second-order valence-corrected chi connectivity index (χ2v) is 7.64. The SMILES string of the molecule is O=C(C1CCN(Cc2ccncc2)CC1)N1CCN(Cc2ccoc2)CC1. The van der Waals surface area contributed by atoms with Crippen molar-refractivity contribution < 1.29 is 9.21 Å². The molecule has 0 atom stereocenters. The lowest BCUT2D eigenvalue weighted by atomic mass is 9.94. The maximum Gasteiger partial charge on any atom is 0.225 e. The average molecular weight is 368 g/mol. The number of amides is 1. The Kier molecular flexibility index (Phi) is 5.84. The smallest absolute Gasteiger partial charge is 0.225 e. The largest absolute Gasteiger partial charge is 0.472 e. The molecule has 0 N–H and O–H groups in total. The Morgan fingerprint density at radius 1 is 0.926 bits per heavy atom. The van der Waals surface area contributed by atoms with E-state index in [0.29, 0.717) is 5.91 Å². The van der Waals surface area contributed by atoms with Gasteiger partial charge in [0.2, 0.25) is 5.91 Å². The molecule has 6 heteroatoms. The zero-order valence-corrected chi connectivity index (χ0v) is 15.8. The number of furan rings is 1. The first kappa shape index (κ1) is 18.2. The minimum Gasteiger partial charge on any atom is -0.472 e. The van der Waals surface area contributed by atoms with Crippen LogP contribution in [0.5, 0.6) is 0 Å². The molecule has 0 unspecified atom stereocenters. The quantitative estimate of drug-likeness (QED) is 0.810. The maximum atomic E-state index is 12.9. The van der Waals surface area contributed by atoms with Crippen molar-refractivity contribution >= 4 is 5.91 Å². The summed E-state index contributed by atoms with van der Waals surface area (Å²) in [6.07, 6.45) is 9.15. The van der Waals surface area contributed by atoms with Crippen LogP contribution in [0, 0.1) is 5.92 Å². The van der Waals surface area contributed by atoms with E-state index in [2.05, 4.69) is 31.8 Å². The molecule has 2 aliphatic heterocycles. The zero-order valence-electron chi connectivity index (χ0n) is 15.8. The van der Waals surface area contributed by atoms with Gasteiger partial charge in [-0.05, 0) is 49.7 Å². The third kappa shape index (κ3) is 4.76. The molecule has 0 bridgehead atoms. The van der Waals surface area contributed by atoms with Gasteiger partial charge in [0.1, 0.15) is 0 Å². The third-order valence-electron chi connectivity index (χ3n) is 5.76. The van der Waals surface area contributed by atoms with E-state index in [0.717, 1.165) is 65.2 Å². The van der Waals surface area contributed by atoms with Crippen LogP contribution in [0.25, 0.3) is 0 Å². The summed E-state index contributed by atoms with van der Waals surface area (Å²) < 4.78 is 5.14. The number of aromatic nitrogens is 1. The van der Waals surface area contributed by atoms with Crippen LogP contribution in [0.2, 0.25) is 0 Å². The molecule has 4 heterocycles. The normalized spacial score (nSPS) is 20.1. The van der Waals surface area contributed by atoms with Gasteiger partial charge in [0.05, 0.1) is 12.5 Å². The maximum absolute atomic E-state index is 12.9. The number of hydrogen-bond acceptors (Lipinski definition) is 5. The molecule has 2 fully saturated rings. The molecule has 0 aromatic carbocycles. The van der Waals surface area contributed by atoms with Gasteiger partial charge in [-0.3, -0.25) is 19.6 Å². The third-order valence-corrected chi connectivity index (χ3v) is 5.76. The Morgan fingerprint density at radius 3 is 2.26 bits per heavy atom. The van der Waals surface area contributed by atoms with Gasteiger partial charge in [0.15, 0.2) is 0 Å². The van der Waals surface area contributed by atoms with E-state index in [-0.39, 0.29) is 5.92 Å². The number of hydrogen-bond donors (Lipinski definition) is 0. The molecule has 4 rings (SSSR count). The minimum atomic E-state index is 0.194. The molecule has 6 nitrogen and oxygen atoms in total. The van der Waals surface area contributed by atoms with Crippen LogP contribution in [-0.4, -0.2) is 64.9 Å². The van der Waals surface area contributed by atoms with E-state index in [4.69, 9.17) is 4.42 Å². The van der Waals surface area contributed by atoms with E-state index >= 15 is 0 Å². The van der Waals surface area contributed by atoms with Crippen molar-refractivity contribution in [3.05, 3.63) is 54.2 Å². The van der Waals surface area contributed by atoms with Gasteiger partial charge in [-0.1, -0.05) is 0 Å². The van der Waals surface area contributed by atoms with Crippen LogP contribution in [0.4, 0.5) is 0 Å². The van der Waals surface area contributed by atoms with Gasteiger partial charge in [-0.2, -0.15) is 0 Å². The Balaban J connectivity index is 1.20. The van der Waals surface area contributed by atoms with E-state index < -0.39 is 0 Å². The van der Waals surface area contributed by atoms with Crippen molar-refractivity contribution in [1.82, 2.24) is 19.7 Å². The van der Waals surface area contributed by atoms with Crippen LogP contribution in [-0.2, 0) is 17.9 Å². The van der Waals surface area contributed by atoms with E-state index in [1.807, 2.05) is 18.5 Å². The number of piperidine rings is 1. The lowest BCUT2D eigenvalue weighted by Gasteiger charge is -2.38. The number of nitrogens with zero attached hydrogens (tertiary/aromatic N) is 4. The number of likely N-dealkylation sites (tertiary alicyclic amines) is 1. The second kappa shape index (κ2) is 8.67. The molecular formula is C21H28N4O2. The van der Waals surface area contributed by atoms with E-state index in [1.165, 1.54) is 11.1 Å². The lowest BCUT2D eigenvalue weighted by Crippen LogP contribution is -2.51. The molecule has 2 aliphatic rings. The molecule has 0 spiro atoms. The highest BCUT2D eigenvalue weighted by Gasteiger charge is 2.30. The Bertz CT molecular complexity index is 703. The molecule has 0 aliphatic carbocycles. The summed E-state index contributed by atoms with van der Waals surface area (Å²) in [5.74, 6) is 0.556. The second-order valence-electron chi connectivity index (χ2n) is 7.64. The fraction of sp³-hybridized carbons (Fsp3) is 0.524. The van der Waals surface area contributed by atoms with Crippen LogP contribution in [0.1, 0.15) is 24.0 Å². The number of carbonyl (C=O) groups is 1. The number of piperazine rings is 1. The Morgan fingerprint density at radius 2 is 1.59 bits per heavy atom. The summed E-state index contributed by atoms with van der Waals surface area (Å²) in [6.45, 7) is 7.43. The van der Waals surface area contributed by atoms with Crippen molar-refractivity contribution in [2.24, 2.45) is 5.92 Å². The van der Waals surface area contributed by atoms with Crippen molar-refractivity contribution in [3.8, 4) is 0 Å². The van der Waals surface area contributed by atoms with Crippen LogP contribution in [0.15, 0.2) is 47.5 Å². The Hall–Kier alpha value is -2.18. The van der Waals surface area contributed by atoms with E-state index in [1.54, 1.807) is 12.5 Å². The molecule has 144 valence electrons. The summed E-state index contributed by atoms with van der Waals surface area (Å²) in [5.41, 5.74) is 2.50. The first-order valence-corrected chi connectivity index (χ1v) is 9.91. The minimum absolute atomic E-state index is 0.194. The molecule has 0 radical (unpaired) electrons. The highest BCUT2D eigenvalue weighted by molar-refractivity contribution is 5.79. The van der Waals surface area contributed by atoms with Crippen molar-refractivity contribution in [2.45, 2.75) is 25.9 Å². The molecule has 2 aromatic heterocycles. The predicted octanol–water partition coefficient (Wildman–Crippen LogP) is 2.23. The molecular weight excluding hydrogens is 340 g/mol. The summed E-state index contributed by atoms with van der Waals surface area (Å²) in [4.78, 5) is 23.9. The summed E-state index contributed by atoms with van der Waals surface area (Å²) in [6, 6.07) is 6.15. The van der Waals surface area contributed by atoms with Gasteiger partial charge >= 0.3 is 0 Å². The predicted molar refractivity (Wildman–Crippen MR) is 103 cm³/mol. The lowest BCUT2D eigenvalue weighted by molar-refractivity contribution is -0.139. The highest BCUT2D eigenvalue weighted by Crippen LogP contribution is 2.22. The average Bonchev–Trinajstić information content (AvgIpc) is 3.22. The van der Waals surface area contributed by atoms with Crippen molar-refractivity contribution in [1.29, 1.82) is 0 Å². The van der Waals surface area contributed by atoms with Gasteiger partial charge in [0.25, 0.3) is 0 Å². The summed E-state index contributed by atoms with van der Waals surface area (Å²) in [7, 11) is 0. The monoisotopic (exact) mass is 368 g/mol. The Labute approximate surface area is 160 Å². The fourth-order valence-corrected chi connectivity index (χ4v) is 4.11. The molecule has 2 aromatic rings. The van der Waals surface area contributed by atoms with Crippen molar-refractivity contribution in [2.75, 3.05) is 39.3 Å². The molecule has 1 amide bonds. The molecule has 2 saturated heterocycles. The first-order valence-electron chi connectivity index (χ1n) is 9.91. The van der Waals surface area contributed by atoms with E-state index in [9.17, 15) is 4.79 Å². The van der Waals surface area contributed by atoms with Gasteiger partial charge in [-0.15, -0.1) is 0 Å². The highest BCUT2D eigenvalue weighted by atomic mass is 16.3. The summed E-state index contributed by atoms with van der Waals surface area (Å²) in [5, 5.41) is 0. The number of pyridine rings is 1. The van der Waals surface area contributed by atoms with Crippen LogP contribution < -0.4 is 0 Å². The van der Waals surface area contributed by atoms with Gasteiger partial charge < -0.3 is 9.32 Å².